The molecule has 0 saturated heterocycles. The van der Waals surface area contributed by atoms with Crippen LogP contribution in [0.4, 0.5) is 0 Å². The minimum atomic E-state index is 0.0650. The van der Waals surface area contributed by atoms with Crippen LogP contribution in [0.5, 0.6) is 5.75 Å². The number of rotatable bonds is 4. The van der Waals surface area contributed by atoms with E-state index in [4.69, 9.17) is 10.5 Å². The van der Waals surface area contributed by atoms with Crippen molar-refractivity contribution in [3.8, 4) is 5.75 Å². The lowest BCUT2D eigenvalue weighted by Crippen LogP contribution is -2.04. The highest BCUT2D eigenvalue weighted by Gasteiger charge is 2.00. The highest BCUT2D eigenvalue weighted by Crippen LogP contribution is 2.17. The summed E-state index contributed by atoms with van der Waals surface area (Å²) in [6, 6.07) is 16.3. The van der Waals surface area contributed by atoms with Crippen LogP contribution in [-0.4, -0.2) is 0 Å². The van der Waals surface area contributed by atoms with Gasteiger partial charge in [-0.15, -0.1) is 0 Å². The van der Waals surface area contributed by atoms with Crippen LogP contribution in [-0.2, 0) is 6.61 Å². The summed E-state index contributed by atoms with van der Waals surface area (Å²) >= 11 is 2.29. The number of nitrogens with two attached hydrogens (primary N) is 1. The highest BCUT2D eigenvalue weighted by atomic mass is 127. The van der Waals surface area contributed by atoms with Crippen molar-refractivity contribution < 1.29 is 4.74 Å². The summed E-state index contributed by atoms with van der Waals surface area (Å²) in [6.07, 6.45) is 0. The average molecular weight is 353 g/mol. The number of hydrogen-bond donors (Lipinski definition) is 1. The molecule has 2 aromatic carbocycles. The summed E-state index contributed by atoms with van der Waals surface area (Å²) in [5.74, 6) is 0.873. The first-order chi connectivity index (χ1) is 8.65. The smallest absolute Gasteiger partial charge is 0.119 e. The molecule has 0 aromatic heterocycles. The molecule has 2 aromatic rings. The molecule has 0 heterocycles. The van der Waals surface area contributed by atoms with Crippen LogP contribution in [0.2, 0.25) is 0 Å². The van der Waals surface area contributed by atoms with Gasteiger partial charge < -0.3 is 10.5 Å². The molecule has 2 N–H and O–H groups in total. The second-order valence-electron chi connectivity index (χ2n) is 4.27. The van der Waals surface area contributed by atoms with Crippen LogP contribution >= 0.6 is 22.6 Å². The fourth-order valence-corrected chi connectivity index (χ4v) is 1.97. The molecule has 0 aliphatic heterocycles. The van der Waals surface area contributed by atoms with Crippen molar-refractivity contribution in [3.05, 3.63) is 63.2 Å². The Hall–Kier alpha value is -1.07. The van der Waals surface area contributed by atoms with E-state index in [9.17, 15) is 0 Å². The molecule has 0 amide bonds. The fourth-order valence-electron chi connectivity index (χ4n) is 1.61. The lowest BCUT2D eigenvalue weighted by atomic mass is 10.1. The Labute approximate surface area is 121 Å². The molecule has 2 nitrogen and oxygen atoms in total. The Balaban J connectivity index is 1.95. The Morgan fingerprint density at radius 2 is 1.67 bits per heavy atom. The van der Waals surface area contributed by atoms with Crippen LogP contribution in [0.15, 0.2) is 48.5 Å². The number of ether oxygens (including phenoxy) is 1. The molecule has 0 aliphatic rings. The van der Waals surface area contributed by atoms with E-state index >= 15 is 0 Å². The number of halogens is 1. The van der Waals surface area contributed by atoms with Crippen molar-refractivity contribution in [2.75, 3.05) is 0 Å². The maximum atomic E-state index is 5.80. The molecule has 0 aliphatic carbocycles. The summed E-state index contributed by atoms with van der Waals surface area (Å²) in [5, 5.41) is 0. The molecule has 0 saturated carbocycles. The van der Waals surface area contributed by atoms with Crippen molar-refractivity contribution in [2.45, 2.75) is 19.6 Å². The quantitative estimate of drug-likeness (QED) is 0.847. The van der Waals surface area contributed by atoms with Gasteiger partial charge in [-0.3, -0.25) is 0 Å². The van der Waals surface area contributed by atoms with Gasteiger partial charge in [-0.2, -0.15) is 0 Å². The Bertz CT molecular complexity index is 491. The van der Waals surface area contributed by atoms with Crippen molar-refractivity contribution in [3.63, 3.8) is 0 Å². The van der Waals surface area contributed by atoms with Crippen LogP contribution in [0.1, 0.15) is 24.1 Å². The SMILES string of the molecule is C[C@@H](N)c1ccc(OCc2ccc(I)cc2)cc1. The van der Waals surface area contributed by atoms with Gasteiger partial charge in [0.1, 0.15) is 12.4 Å². The predicted octanol–water partition coefficient (Wildman–Crippen LogP) is 3.89. The first-order valence-electron chi connectivity index (χ1n) is 5.88. The van der Waals surface area contributed by atoms with Gasteiger partial charge in [-0.25, -0.2) is 0 Å². The lowest BCUT2D eigenvalue weighted by Gasteiger charge is -2.09. The maximum Gasteiger partial charge on any atom is 0.119 e. The zero-order valence-electron chi connectivity index (χ0n) is 10.3. The first kappa shape index (κ1) is 13.4. The molecule has 3 heteroatoms. The second-order valence-corrected chi connectivity index (χ2v) is 5.52. The molecule has 0 bridgehead atoms. The van der Waals surface area contributed by atoms with E-state index in [0.717, 1.165) is 11.3 Å². The summed E-state index contributed by atoms with van der Waals surface area (Å²) in [6.45, 7) is 2.57. The molecule has 1 atom stereocenters. The van der Waals surface area contributed by atoms with E-state index in [-0.39, 0.29) is 6.04 Å². The maximum absolute atomic E-state index is 5.80. The standard InChI is InChI=1S/C15H16INO/c1-11(17)13-4-8-15(9-5-13)18-10-12-2-6-14(16)7-3-12/h2-9,11H,10,17H2,1H3/t11-/m1/s1. The van der Waals surface area contributed by atoms with Gasteiger partial charge in [0.15, 0.2) is 0 Å². The summed E-state index contributed by atoms with van der Waals surface area (Å²) in [5.41, 5.74) is 8.10. The zero-order chi connectivity index (χ0) is 13.0. The van der Waals surface area contributed by atoms with Crippen LogP contribution < -0.4 is 10.5 Å². The van der Waals surface area contributed by atoms with Crippen molar-refractivity contribution in [1.82, 2.24) is 0 Å². The largest absolute Gasteiger partial charge is 0.489 e. The summed E-state index contributed by atoms with van der Waals surface area (Å²) in [7, 11) is 0. The monoisotopic (exact) mass is 353 g/mol. The van der Waals surface area contributed by atoms with Crippen molar-refractivity contribution in [1.29, 1.82) is 0 Å². The minimum Gasteiger partial charge on any atom is -0.489 e. The Morgan fingerprint density at radius 3 is 2.22 bits per heavy atom. The normalized spacial score (nSPS) is 12.2. The summed E-state index contributed by atoms with van der Waals surface area (Å²) < 4.78 is 6.96. The summed E-state index contributed by atoms with van der Waals surface area (Å²) in [4.78, 5) is 0. The number of hydrogen-bond acceptors (Lipinski definition) is 2. The Kier molecular flexibility index (Phi) is 4.60. The molecule has 0 unspecified atom stereocenters. The average Bonchev–Trinajstić information content (AvgIpc) is 2.38. The van der Waals surface area contributed by atoms with Gasteiger partial charge in [0.2, 0.25) is 0 Å². The molecule has 0 spiro atoms. The molecular formula is C15H16INO. The van der Waals surface area contributed by atoms with E-state index in [1.165, 1.54) is 9.13 Å². The zero-order valence-corrected chi connectivity index (χ0v) is 12.4. The Morgan fingerprint density at radius 1 is 1.06 bits per heavy atom. The second kappa shape index (κ2) is 6.20. The van der Waals surface area contributed by atoms with E-state index in [2.05, 4.69) is 46.9 Å². The minimum absolute atomic E-state index is 0.0650. The molecule has 0 fully saturated rings. The van der Waals surface area contributed by atoms with E-state index < -0.39 is 0 Å². The fraction of sp³-hybridized carbons (Fsp3) is 0.200. The molecule has 18 heavy (non-hydrogen) atoms. The van der Waals surface area contributed by atoms with Gasteiger partial charge >= 0.3 is 0 Å². The van der Waals surface area contributed by atoms with Gasteiger partial charge in [0.25, 0.3) is 0 Å². The molecular weight excluding hydrogens is 337 g/mol. The van der Waals surface area contributed by atoms with Crippen molar-refractivity contribution >= 4 is 22.6 Å². The molecule has 2 rings (SSSR count). The van der Waals surface area contributed by atoms with E-state index in [1.807, 2.05) is 31.2 Å². The van der Waals surface area contributed by atoms with Crippen molar-refractivity contribution in [2.24, 2.45) is 5.73 Å². The third kappa shape index (κ3) is 3.71. The van der Waals surface area contributed by atoms with Crippen LogP contribution in [0.25, 0.3) is 0 Å². The molecule has 94 valence electrons. The number of benzene rings is 2. The first-order valence-corrected chi connectivity index (χ1v) is 6.96. The third-order valence-corrected chi connectivity index (χ3v) is 3.44. The topological polar surface area (TPSA) is 35.2 Å². The lowest BCUT2D eigenvalue weighted by molar-refractivity contribution is 0.306. The van der Waals surface area contributed by atoms with Crippen LogP contribution in [0.3, 0.4) is 0 Å². The van der Waals surface area contributed by atoms with Crippen LogP contribution in [0, 0.1) is 3.57 Å². The van der Waals surface area contributed by atoms with Gasteiger partial charge in [-0.1, -0.05) is 24.3 Å². The van der Waals surface area contributed by atoms with E-state index in [0.29, 0.717) is 6.61 Å². The third-order valence-electron chi connectivity index (χ3n) is 2.72. The van der Waals surface area contributed by atoms with Gasteiger partial charge in [0.05, 0.1) is 0 Å². The predicted molar refractivity (Wildman–Crippen MR) is 82.5 cm³/mol. The van der Waals surface area contributed by atoms with Gasteiger partial charge in [-0.05, 0) is 64.9 Å². The van der Waals surface area contributed by atoms with Gasteiger partial charge in [0, 0.05) is 9.61 Å². The van der Waals surface area contributed by atoms with E-state index in [1.54, 1.807) is 0 Å². The molecule has 0 radical (unpaired) electrons. The highest BCUT2D eigenvalue weighted by molar-refractivity contribution is 14.1.